The molecule has 3 aliphatic rings. The van der Waals surface area contributed by atoms with E-state index in [0.29, 0.717) is 53.4 Å². The highest BCUT2D eigenvalue weighted by molar-refractivity contribution is 5.84. The molecule has 10 nitrogen and oxygen atoms in total. The molecule has 6 heterocycles. The van der Waals surface area contributed by atoms with Crippen LogP contribution in [-0.4, -0.2) is 81.7 Å². The van der Waals surface area contributed by atoms with Crippen molar-refractivity contribution in [1.29, 1.82) is 0 Å². The van der Waals surface area contributed by atoms with Gasteiger partial charge in [-0.2, -0.15) is 13.2 Å². The van der Waals surface area contributed by atoms with Crippen molar-refractivity contribution < 1.29 is 32.5 Å². The number of hydrogen-bond donors (Lipinski definition) is 3. The largest absolute Gasteiger partial charge is 0.455 e. The number of benzene rings is 1. The van der Waals surface area contributed by atoms with Gasteiger partial charge in [0.15, 0.2) is 5.60 Å². The van der Waals surface area contributed by atoms with Crippen LogP contribution in [-0.2, 0) is 40.8 Å². The summed E-state index contributed by atoms with van der Waals surface area (Å²) in [5.74, 6) is 0.745. The third-order valence-electron chi connectivity index (χ3n) is 9.35. The molecule has 0 aliphatic carbocycles. The second kappa shape index (κ2) is 12.5. The number of nitrogens with zero attached hydrogens (tertiary/aromatic N) is 4. The molecule has 1 aromatic carbocycles. The fraction of sp³-hybridized carbons (Fsp3) is 0.441. The lowest BCUT2D eigenvalue weighted by Gasteiger charge is -2.35. The number of carbonyl (C=O) groups excluding carboxylic acids is 1. The maximum Gasteiger partial charge on any atom is 0.416 e. The van der Waals surface area contributed by atoms with Crippen molar-refractivity contribution in [3.63, 3.8) is 0 Å². The number of rotatable bonds is 8. The molecule has 0 radical (unpaired) electrons. The van der Waals surface area contributed by atoms with E-state index in [2.05, 4.69) is 15.3 Å². The minimum absolute atomic E-state index is 0.0193. The SMILES string of the molecule is CC[C@H]1CN(C(=O)Cc2ccc(CN3CCNCC3)c(C(F)(F)F)c2)Cc2cc(Oc3ccnc4[nH]c(C5(O)COC5)cc34)cnc21. The van der Waals surface area contributed by atoms with Crippen LogP contribution in [0.5, 0.6) is 11.5 Å². The number of H-pyrrole nitrogens is 1. The van der Waals surface area contributed by atoms with E-state index in [4.69, 9.17) is 14.5 Å². The Kier molecular flexibility index (Phi) is 8.41. The molecule has 0 saturated carbocycles. The van der Waals surface area contributed by atoms with Gasteiger partial charge in [0.2, 0.25) is 5.91 Å². The molecule has 3 aliphatic heterocycles. The predicted molar refractivity (Wildman–Crippen MR) is 167 cm³/mol. The van der Waals surface area contributed by atoms with E-state index >= 15 is 0 Å². The topological polar surface area (TPSA) is 116 Å². The molecule has 4 aromatic rings. The van der Waals surface area contributed by atoms with E-state index in [1.54, 1.807) is 35.5 Å². The van der Waals surface area contributed by atoms with Crippen LogP contribution in [0.2, 0.25) is 0 Å². The maximum atomic E-state index is 14.1. The first-order chi connectivity index (χ1) is 22.6. The Labute approximate surface area is 269 Å². The zero-order valence-electron chi connectivity index (χ0n) is 26.1. The molecule has 1 atom stereocenters. The summed E-state index contributed by atoms with van der Waals surface area (Å²) < 4.78 is 53.8. The second-order valence-electron chi connectivity index (χ2n) is 12.7. The second-order valence-corrected chi connectivity index (χ2v) is 12.7. The third kappa shape index (κ3) is 6.45. The number of amides is 1. The number of carbonyl (C=O) groups is 1. The van der Waals surface area contributed by atoms with Crippen molar-refractivity contribution >= 4 is 16.9 Å². The number of fused-ring (bicyclic) bond motifs is 2. The average molecular weight is 651 g/mol. The Hall–Kier alpha value is -4.04. The normalized spacial score (nSPS) is 19.8. The van der Waals surface area contributed by atoms with Gasteiger partial charge >= 0.3 is 6.18 Å². The van der Waals surface area contributed by atoms with Gasteiger partial charge < -0.3 is 29.8 Å². The highest BCUT2D eigenvalue weighted by Gasteiger charge is 2.40. The van der Waals surface area contributed by atoms with Gasteiger partial charge in [0.1, 0.15) is 17.1 Å². The molecule has 13 heteroatoms. The van der Waals surface area contributed by atoms with Crippen molar-refractivity contribution in [2.45, 2.75) is 50.6 Å². The molecule has 3 aromatic heterocycles. The van der Waals surface area contributed by atoms with Gasteiger partial charge in [-0.25, -0.2) is 4.98 Å². The summed E-state index contributed by atoms with van der Waals surface area (Å²) in [6.45, 7) is 6.23. The van der Waals surface area contributed by atoms with Crippen LogP contribution in [0.25, 0.3) is 11.0 Å². The van der Waals surface area contributed by atoms with Gasteiger partial charge in [-0.3, -0.25) is 14.7 Å². The molecule has 47 heavy (non-hydrogen) atoms. The van der Waals surface area contributed by atoms with Gasteiger partial charge in [0.05, 0.1) is 48.2 Å². The predicted octanol–water partition coefficient (Wildman–Crippen LogP) is 4.47. The first kappa shape index (κ1) is 31.6. The summed E-state index contributed by atoms with van der Waals surface area (Å²) >= 11 is 0. The highest BCUT2D eigenvalue weighted by atomic mass is 19.4. The number of piperazine rings is 1. The Balaban J connectivity index is 1.09. The third-order valence-corrected chi connectivity index (χ3v) is 9.35. The molecule has 0 bridgehead atoms. The Bertz CT molecular complexity index is 1780. The number of aromatic amines is 1. The van der Waals surface area contributed by atoms with Crippen molar-refractivity contribution in [1.82, 2.24) is 30.1 Å². The fourth-order valence-electron chi connectivity index (χ4n) is 6.64. The fourth-order valence-corrected chi connectivity index (χ4v) is 6.64. The smallest absolute Gasteiger partial charge is 0.416 e. The first-order valence-corrected chi connectivity index (χ1v) is 15.9. The van der Waals surface area contributed by atoms with Crippen molar-refractivity contribution in [3.05, 3.63) is 82.4 Å². The first-order valence-electron chi connectivity index (χ1n) is 15.9. The zero-order chi connectivity index (χ0) is 32.8. The quantitative estimate of drug-likeness (QED) is 0.256. The summed E-state index contributed by atoms with van der Waals surface area (Å²) in [5.41, 5.74) is 1.68. The Morgan fingerprint density at radius 2 is 1.96 bits per heavy atom. The van der Waals surface area contributed by atoms with Crippen LogP contribution in [0, 0.1) is 0 Å². The molecule has 2 fully saturated rings. The van der Waals surface area contributed by atoms with Crippen LogP contribution >= 0.6 is 0 Å². The van der Waals surface area contributed by atoms with Crippen molar-refractivity contribution in [2.75, 3.05) is 45.9 Å². The highest BCUT2D eigenvalue weighted by Crippen LogP contribution is 2.38. The summed E-state index contributed by atoms with van der Waals surface area (Å²) in [6.07, 6.45) is -0.635. The Morgan fingerprint density at radius 3 is 2.68 bits per heavy atom. The van der Waals surface area contributed by atoms with Crippen LogP contribution in [0.1, 0.15) is 52.9 Å². The molecular formula is C34H37F3N6O4. The van der Waals surface area contributed by atoms with E-state index in [-0.39, 0.29) is 50.1 Å². The number of nitrogens with one attached hydrogen (secondary N) is 2. The van der Waals surface area contributed by atoms with Crippen molar-refractivity contribution in [2.24, 2.45) is 0 Å². The monoisotopic (exact) mass is 650 g/mol. The number of hydrogen-bond acceptors (Lipinski definition) is 8. The Morgan fingerprint density at radius 1 is 1.15 bits per heavy atom. The lowest BCUT2D eigenvalue weighted by molar-refractivity contribution is -0.186. The van der Waals surface area contributed by atoms with Crippen LogP contribution in [0.15, 0.2) is 48.8 Å². The molecule has 3 N–H and O–H groups in total. The zero-order valence-corrected chi connectivity index (χ0v) is 26.1. The summed E-state index contributed by atoms with van der Waals surface area (Å²) in [5, 5.41) is 14.6. The van der Waals surface area contributed by atoms with E-state index in [0.717, 1.165) is 36.8 Å². The number of aromatic nitrogens is 3. The summed E-state index contributed by atoms with van der Waals surface area (Å²) in [4.78, 5) is 29.5. The van der Waals surface area contributed by atoms with E-state index in [1.165, 1.54) is 6.07 Å². The van der Waals surface area contributed by atoms with Crippen molar-refractivity contribution in [3.8, 4) is 11.5 Å². The number of alkyl halides is 3. The molecule has 248 valence electrons. The number of aliphatic hydroxyl groups is 1. The standard InChI is InChI=1S/C34H37F3N6O4/c1-2-22-17-43(30(44)12-21-3-4-23(27(11-21)34(35,36)37)16-42-9-7-38-8-10-42)18-24-13-25(15-40-31(22)24)47-28-5-6-39-32-26(28)14-29(41-32)33(45)19-46-20-33/h3-6,11,13-15,22,38,45H,2,7-10,12,16-20H2,1H3,(H,39,41)/t22-/m0/s1. The molecule has 0 spiro atoms. The van der Waals surface area contributed by atoms with Gasteiger partial charge in [0.25, 0.3) is 0 Å². The molecule has 2 saturated heterocycles. The lowest BCUT2D eigenvalue weighted by Crippen LogP contribution is -2.46. The van der Waals surface area contributed by atoms with Gasteiger partial charge in [-0.15, -0.1) is 0 Å². The van der Waals surface area contributed by atoms with E-state index < -0.39 is 17.3 Å². The molecule has 0 unspecified atom stereocenters. The molecular weight excluding hydrogens is 613 g/mol. The van der Waals surface area contributed by atoms with Crippen LogP contribution in [0.4, 0.5) is 13.2 Å². The molecule has 1 amide bonds. The summed E-state index contributed by atoms with van der Waals surface area (Å²) in [6, 6.07) is 9.70. The summed E-state index contributed by atoms with van der Waals surface area (Å²) in [7, 11) is 0. The van der Waals surface area contributed by atoms with Crippen LogP contribution < -0.4 is 10.1 Å². The average Bonchev–Trinajstić information content (AvgIpc) is 3.49. The van der Waals surface area contributed by atoms with E-state index in [9.17, 15) is 23.1 Å². The number of halogens is 3. The maximum absolute atomic E-state index is 14.1. The minimum atomic E-state index is -4.52. The minimum Gasteiger partial charge on any atom is -0.455 e. The molecule has 7 rings (SSSR count). The lowest BCUT2D eigenvalue weighted by atomic mass is 9.92. The van der Waals surface area contributed by atoms with Crippen LogP contribution in [0.3, 0.4) is 0 Å². The number of pyridine rings is 2. The van der Waals surface area contributed by atoms with Gasteiger partial charge in [0, 0.05) is 57.9 Å². The van der Waals surface area contributed by atoms with Gasteiger partial charge in [-0.1, -0.05) is 19.1 Å². The van der Waals surface area contributed by atoms with E-state index in [1.807, 2.05) is 17.9 Å². The van der Waals surface area contributed by atoms with Gasteiger partial charge in [-0.05, 0) is 47.4 Å². The number of ether oxygens (including phenoxy) is 2.